The summed E-state index contributed by atoms with van der Waals surface area (Å²) in [6.45, 7) is 4.43. The Morgan fingerprint density at radius 2 is 1.85 bits per heavy atom. The first kappa shape index (κ1) is 18.4. The molecule has 4 rings (SSSR count). The van der Waals surface area contributed by atoms with Crippen LogP contribution in [0.5, 0.6) is 0 Å². The van der Waals surface area contributed by atoms with E-state index in [1.165, 1.54) is 37.9 Å². The maximum atomic E-state index is 9.47. The highest BCUT2D eigenvalue weighted by atomic mass is 16.3. The Balaban J connectivity index is 1.17. The Kier molecular flexibility index (Phi) is 6.00. The van der Waals surface area contributed by atoms with E-state index in [2.05, 4.69) is 56.6 Å². The molecule has 0 amide bonds. The van der Waals surface area contributed by atoms with E-state index in [1.54, 1.807) is 6.33 Å². The monoisotopic (exact) mass is 366 g/mol. The van der Waals surface area contributed by atoms with Crippen LogP contribution in [0.25, 0.3) is 0 Å². The lowest BCUT2D eigenvalue weighted by molar-refractivity contribution is 0.0732. The minimum Gasteiger partial charge on any atom is -0.393 e. The van der Waals surface area contributed by atoms with Gasteiger partial charge >= 0.3 is 0 Å². The molecule has 2 fully saturated rings. The lowest BCUT2D eigenvalue weighted by Gasteiger charge is -2.32. The second-order valence-electron chi connectivity index (χ2n) is 8.07. The van der Waals surface area contributed by atoms with Crippen molar-refractivity contribution < 1.29 is 5.11 Å². The third-order valence-corrected chi connectivity index (χ3v) is 6.03. The van der Waals surface area contributed by atoms with Crippen molar-refractivity contribution in [3.05, 3.63) is 54.0 Å². The number of anilines is 1. The average Bonchev–Trinajstić information content (AvgIpc) is 2.68. The zero-order valence-electron chi connectivity index (χ0n) is 15.9. The molecule has 2 aromatic rings. The van der Waals surface area contributed by atoms with Crippen LogP contribution < -0.4 is 5.32 Å². The van der Waals surface area contributed by atoms with Gasteiger partial charge in [-0.25, -0.2) is 9.97 Å². The molecule has 0 unspecified atom stereocenters. The second kappa shape index (κ2) is 8.81. The lowest BCUT2D eigenvalue weighted by atomic mass is 9.80. The Morgan fingerprint density at radius 1 is 1.07 bits per heavy atom. The number of aliphatic hydroxyl groups excluding tert-OH is 1. The molecule has 0 spiro atoms. The first-order valence-corrected chi connectivity index (χ1v) is 10.3. The number of likely N-dealkylation sites (tertiary alicyclic amines) is 1. The number of nitrogens with zero attached hydrogens (tertiary/aromatic N) is 3. The molecular weight excluding hydrogens is 336 g/mol. The summed E-state index contributed by atoms with van der Waals surface area (Å²) in [5.74, 6) is 2.12. The van der Waals surface area contributed by atoms with E-state index < -0.39 is 0 Å². The molecule has 1 aliphatic carbocycles. The highest BCUT2D eigenvalue weighted by molar-refractivity contribution is 5.36. The normalized spacial score (nSPS) is 23.7. The first-order valence-electron chi connectivity index (χ1n) is 10.3. The minimum absolute atomic E-state index is 0.144. The molecule has 5 nitrogen and oxygen atoms in total. The van der Waals surface area contributed by atoms with Gasteiger partial charge in [-0.1, -0.05) is 30.3 Å². The number of piperidine rings is 1. The predicted molar refractivity (Wildman–Crippen MR) is 108 cm³/mol. The van der Waals surface area contributed by atoms with E-state index >= 15 is 0 Å². The van der Waals surface area contributed by atoms with Crippen molar-refractivity contribution in [2.24, 2.45) is 5.92 Å². The molecule has 0 radical (unpaired) electrons. The molecule has 27 heavy (non-hydrogen) atoms. The Morgan fingerprint density at radius 3 is 2.59 bits per heavy atom. The lowest BCUT2D eigenvalue weighted by Crippen LogP contribution is -2.33. The van der Waals surface area contributed by atoms with Crippen molar-refractivity contribution in [3.8, 4) is 0 Å². The molecule has 1 saturated heterocycles. The summed E-state index contributed by atoms with van der Waals surface area (Å²) < 4.78 is 0. The molecule has 0 bridgehead atoms. The number of rotatable bonds is 7. The van der Waals surface area contributed by atoms with Gasteiger partial charge in [0, 0.05) is 30.8 Å². The molecule has 0 atom stereocenters. The molecule has 144 valence electrons. The van der Waals surface area contributed by atoms with Crippen molar-refractivity contribution in [3.63, 3.8) is 0 Å². The maximum absolute atomic E-state index is 9.47. The van der Waals surface area contributed by atoms with Crippen LogP contribution in [0, 0.1) is 5.92 Å². The fourth-order valence-electron chi connectivity index (χ4n) is 4.20. The zero-order valence-corrected chi connectivity index (χ0v) is 15.9. The van der Waals surface area contributed by atoms with Crippen molar-refractivity contribution in [1.29, 1.82) is 0 Å². The highest BCUT2D eigenvalue weighted by Gasteiger charge is 2.29. The molecule has 1 aromatic carbocycles. The summed E-state index contributed by atoms with van der Waals surface area (Å²) in [5.41, 5.74) is 2.48. The van der Waals surface area contributed by atoms with Gasteiger partial charge in [-0.2, -0.15) is 0 Å². The molecule has 2 aliphatic rings. The maximum Gasteiger partial charge on any atom is 0.129 e. The molecule has 1 saturated carbocycles. The van der Waals surface area contributed by atoms with E-state index in [-0.39, 0.29) is 6.10 Å². The van der Waals surface area contributed by atoms with Gasteiger partial charge in [-0.15, -0.1) is 0 Å². The van der Waals surface area contributed by atoms with Crippen molar-refractivity contribution in [2.45, 2.75) is 50.7 Å². The van der Waals surface area contributed by atoms with Crippen LogP contribution in [-0.4, -0.2) is 45.7 Å². The molecule has 1 aliphatic heterocycles. The van der Waals surface area contributed by atoms with Gasteiger partial charge in [-0.05, 0) is 56.7 Å². The van der Waals surface area contributed by atoms with Gasteiger partial charge < -0.3 is 10.4 Å². The van der Waals surface area contributed by atoms with Gasteiger partial charge in [0.2, 0.25) is 0 Å². The van der Waals surface area contributed by atoms with Crippen LogP contribution in [0.15, 0.2) is 42.7 Å². The Hall–Kier alpha value is -1.98. The largest absolute Gasteiger partial charge is 0.393 e. The highest BCUT2D eigenvalue weighted by Crippen LogP contribution is 2.36. The summed E-state index contributed by atoms with van der Waals surface area (Å²) >= 11 is 0. The van der Waals surface area contributed by atoms with Crippen LogP contribution in [0.1, 0.15) is 49.3 Å². The summed E-state index contributed by atoms with van der Waals surface area (Å²) in [5, 5.41) is 12.9. The van der Waals surface area contributed by atoms with Gasteiger partial charge in [0.25, 0.3) is 0 Å². The molecule has 2 heterocycles. The third kappa shape index (κ3) is 5.05. The van der Waals surface area contributed by atoms with E-state index in [4.69, 9.17) is 0 Å². The summed E-state index contributed by atoms with van der Waals surface area (Å²) in [6, 6.07) is 12.8. The average molecular weight is 367 g/mol. The van der Waals surface area contributed by atoms with Gasteiger partial charge in [0.1, 0.15) is 12.1 Å². The number of hydrogen-bond donors (Lipinski definition) is 2. The van der Waals surface area contributed by atoms with Gasteiger partial charge in [0.05, 0.1) is 6.10 Å². The van der Waals surface area contributed by atoms with Crippen molar-refractivity contribution in [2.75, 3.05) is 25.0 Å². The topological polar surface area (TPSA) is 61.3 Å². The molecule has 5 heteroatoms. The first-order chi connectivity index (χ1) is 13.3. The number of aliphatic hydroxyl groups is 1. The Bertz CT molecular complexity index is 709. The fourth-order valence-corrected chi connectivity index (χ4v) is 4.20. The fraction of sp³-hybridized carbons (Fsp3) is 0.545. The van der Waals surface area contributed by atoms with Gasteiger partial charge in [-0.3, -0.25) is 4.90 Å². The number of nitrogens with one attached hydrogen (secondary N) is 1. The smallest absolute Gasteiger partial charge is 0.129 e. The van der Waals surface area contributed by atoms with Crippen LogP contribution >= 0.6 is 0 Å². The molecule has 1 aromatic heterocycles. The standard InChI is InChI=1S/C22H30N4O/c27-20-12-19(13-20)21-14-22(25-16-24-21)23-9-6-17-7-10-26(11-8-17)15-18-4-2-1-3-5-18/h1-5,14,16-17,19-20,27H,6-13,15H2,(H,23,24,25). The Labute approximate surface area is 161 Å². The van der Waals surface area contributed by atoms with E-state index in [1.807, 2.05) is 0 Å². The summed E-state index contributed by atoms with van der Waals surface area (Å²) in [4.78, 5) is 11.3. The van der Waals surface area contributed by atoms with Crippen LogP contribution in [0.3, 0.4) is 0 Å². The number of hydrogen-bond acceptors (Lipinski definition) is 5. The SMILES string of the molecule is OC1CC(c2cc(NCCC3CCN(Cc4ccccc4)CC3)ncn2)C1. The third-order valence-electron chi connectivity index (χ3n) is 6.03. The molecule has 2 N–H and O–H groups in total. The van der Waals surface area contributed by atoms with Crippen LogP contribution in [0.4, 0.5) is 5.82 Å². The zero-order chi connectivity index (χ0) is 18.5. The quantitative estimate of drug-likeness (QED) is 0.786. The van der Waals surface area contributed by atoms with Crippen LogP contribution in [-0.2, 0) is 6.54 Å². The number of benzene rings is 1. The van der Waals surface area contributed by atoms with Crippen LogP contribution in [0.2, 0.25) is 0 Å². The summed E-state index contributed by atoms with van der Waals surface area (Å²) in [6.07, 6.45) is 6.92. The van der Waals surface area contributed by atoms with Gasteiger partial charge in [0.15, 0.2) is 0 Å². The summed E-state index contributed by atoms with van der Waals surface area (Å²) in [7, 11) is 0. The minimum atomic E-state index is -0.144. The predicted octanol–water partition coefficient (Wildman–Crippen LogP) is 3.43. The number of aromatic nitrogens is 2. The van der Waals surface area contributed by atoms with E-state index in [0.29, 0.717) is 5.92 Å². The van der Waals surface area contributed by atoms with Crippen molar-refractivity contribution >= 4 is 5.82 Å². The van der Waals surface area contributed by atoms with E-state index in [0.717, 1.165) is 43.4 Å². The second-order valence-corrected chi connectivity index (χ2v) is 8.07. The van der Waals surface area contributed by atoms with E-state index in [9.17, 15) is 5.11 Å². The molecular formula is C22H30N4O. The van der Waals surface area contributed by atoms with Crippen molar-refractivity contribution in [1.82, 2.24) is 14.9 Å².